The fourth-order valence-corrected chi connectivity index (χ4v) is 2.38. The molecule has 2 aromatic carbocycles. The number of carbonyl (C=O) groups excluding carboxylic acids is 2. The Bertz CT molecular complexity index is 818. The molecule has 0 bridgehead atoms. The van der Waals surface area contributed by atoms with Crippen LogP contribution in [0.1, 0.15) is 28.4 Å². The first-order valence-electron chi connectivity index (χ1n) is 7.77. The van der Waals surface area contributed by atoms with Crippen molar-refractivity contribution in [3.8, 4) is 5.75 Å². The number of benzene rings is 2. The summed E-state index contributed by atoms with van der Waals surface area (Å²) in [6.07, 6.45) is 0. The third-order valence-corrected chi connectivity index (χ3v) is 3.69. The van der Waals surface area contributed by atoms with E-state index in [1.165, 1.54) is 6.92 Å². The summed E-state index contributed by atoms with van der Waals surface area (Å²) in [4.78, 5) is 23.4. The van der Waals surface area contributed by atoms with Crippen molar-refractivity contribution in [3.05, 3.63) is 59.2 Å². The number of hydrogen-bond acceptors (Lipinski definition) is 4. The molecule has 0 unspecified atom stereocenters. The highest BCUT2D eigenvalue weighted by Crippen LogP contribution is 2.18. The van der Waals surface area contributed by atoms with Crippen LogP contribution in [0.5, 0.6) is 5.75 Å². The highest BCUT2D eigenvalue weighted by atomic mass is 32.1. The van der Waals surface area contributed by atoms with Crippen molar-refractivity contribution in [3.63, 3.8) is 0 Å². The molecule has 0 saturated heterocycles. The van der Waals surface area contributed by atoms with Crippen molar-refractivity contribution in [1.29, 1.82) is 0 Å². The first kappa shape index (κ1) is 18.6. The number of Topliss-reactive ketones (excluding diaryl/α,β-unsaturated/α-hetero) is 1. The van der Waals surface area contributed by atoms with Gasteiger partial charge in [0.05, 0.1) is 0 Å². The molecule has 0 atom stereocenters. The zero-order valence-corrected chi connectivity index (χ0v) is 15.2. The number of ether oxygens (including phenoxy) is 1. The average molecular weight is 356 g/mol. The third kappa shape index (κ3) is 5.69. The lowest BCUT2D eigenvalue weighted by atomic mass is 10.1. The maximum Gasteiger partial charge on any atom is 0.264 e. The van der Waals surface area contributed by atoms with E-state index in [4.69, 9.17) is 17.0 Å². The van der Waals surface area contributed by atoms with Crippen LogP contribution in [0.2, 0.25) is 0 Å². The van der Waals surface area contributed by atoms with E-state index in [1.54, 1.807) is 24.3 Å². The molecule has 0 aromatic heterocycles. The molecule has 0 fully saturated rings. The average Bonchev–Trinajstić information content (AvgIpc) is 2.55. The largest absolute Gasteiger partial charge is 0.483 e. The lowest BCUT2D eigenvalue weighted by Gasteiger charge is -2.12. The van der Waals surface area contributed by atoms with Crippen LogP contribution < -0.4 is 15.4 Å². The summed E-state index contributed by atoms with van der Waals surface area (Å²) in [6.45, 7) is 5.23. The summed E-state index contributed by atoms with van der Waals surface area (Å²) in [5, 5.41) is 5.58. The second-order valence-corrected chi connectivity index (χ2v) is 6.11. The zero-order chi connectivity index (χ0) is 18.4. The Balaban J connectivity index is 1.88. The van der Waals surface area contributed by atoms with Gasteiger partial charge in [0.25, 0.3) is 5.91 Å². The standard InChI is InChI=1S/C19H20N2O3S/c1-12-7-8-13(2)17(9-12)24-11-18(23)21-19(25)20-16-6-4-5-15(10-16)14(3)22/h4-10H,11H2,1-3H3,(H2,20,21,23,25). The van der Waals surface area contributed by atoms with Crippen LogP contribution in [-0.4, -0.2) is 23.4 Å². The summed E-state index contributed by atoms with van der Waals surface area (Å²) in [5.74, 6) is 0.268. The van der Waals surface area contributed by atoms with Gasteiger partial charge in [0.1, 0.15) is 5.75 Å². The van der Waals surface area contributed by atoms with Crippen LogP contribution in [0.15, 0.2) is 42.5 Å². The van der Waals surface area contributed by atoms with Gasteiger partial charge in [-0.15, -0.1) is 0 Å². The molecule has 0 heterocycles. The summed E-state index contributed by atoms with van der Waals surface area (Å²) >= 11 is 5.12. The summed E-state index contributed by atoms with van der Waals surface area (Å²) in [7, 11) is 0. The van der Waals surface area contributed by atoms with Crippen molar-refractivity contribution in [2.45, 2.75) is 20.8 Å². The summed E-state index contributed by atoms with van der Waals surface area (Å²) in [6, 6.07) is 12.7. The second-order valence-electron chi connectivity index (χ2n) is 5.70. The zero-order valence-electron chi connectivity index (χ0n) is 14.4. The highest BCUT2D eigenvalue weighted by molar-refractivity contribution is 7.80. The van der Waals surface area contributed by atoms with Gasteiger partial charge in [0.2, 0.25) is 0 Å². The normalized spacial score (nSPS) is 10.0. The number of aryl methyl sites for hydroxylation is 2. The Labute approximate surface area is 152 Å². The minimum absolute atomic E-state index is 0.0412. The SMILES string of the molecule is CC(=O)c1cccc(NC(=S)NC(=O)COc2cc(C)ccc2C)c1. The van der Waals surface area contributed by atoms with Crippen LogP contribution in [0.25, 0.3) is 0 Å². The number of nitrogens with one attached hydrogen (secondary N) is 2. The van der Waals surface area contributed by atoms with Crippen LogP contribution in [0.4, 0.5) is 5.69 Å². The van der Waals surface area contributed by atoms with Crippen LogP contribution in [-0.2, 0) is 4.79 Å². The molecule has 2 aromatic rings. The van der Waals surface area contributed by atoms with E-state index in [2.05, 4.69) is 10.6 Å². The topological polar surface area (TPSA) is 67.4 Å². The lowest BCUT2D eigenvalue weighted by molar-refractivity contribution is -0.121. The summed E-state index contributed by atoms with van der Waals surface area (Å²) < 4.78 is 5.54. The van der Waals surface area contributed by atoms with E-state index in [0.717, 1.165) is 11.1 Å². The van der Waals surface area contributed by atoms with Crippen molar-refractivity contribution in [2.24, 2.45) is 0 Å². The Morgan fingerprint density at radius 2 is 1.88 bits per heavy atom. The van der Waals surface area contributed by atoms with Crippen LogP contribution in [0.3, 0.4) is 0 Å². The van der Waals surface area contributed by atoms with E-state index in [0.29, 0.717) is 17.0 Å². The molecule has 2 rings (SSSR count). The lowest BCUT2D eigenvalue weighted by Crippen LogP contribution is -2.37. The first-order chi connectivity index (χ1) is 11.8. The quantitative estimate of drug-likeness (QED) is 0.635. The van der Waals surface area contributed by atoms with Crippen LogP contribution >= 0.6 is 12.2 Å². The van der Waals surface area contributed by atoms with Gasteiger partial charge in [-0.25, -0.2) is 0 Å². The Hall–Kier alpha value is -2.73. The molecular formula is C19H20N2O3S. The van der Waals surface area contributed by atoms with Crippen molar-refractivity contribution in [1.82, 2.24) is 5.32 Å². The van der Waals surface area contributed by atoms with E-state index in [9.17, 15) is 9.59 Å². The molecule has 0 aliphatic rings. The van der Waals surface area contributed by atoms with Crippen molar-refractivity contribution < 1.29 is 14.3 Å². The number of ketones is 1. The fraction of sp³-hybridized carbons (Fsp3) is 0.211. The summed E-state index contributed by atoms with van der Waals surface area (Å²) in [5.41, 5.74) is 3.22. The van der Waals surface area contributed by atoms with Gasteiger partial charge in [-0.1, -0.05) is 24.3 Å². The molecule has 0 aliphatic heterocycles. The maximum absolute atomic E-state index is 12.0. The number of amides is 1. The number of anilines is 1. The molecule has 2 N–H and O–H groups in total. The smallest absolute Gasteiger partial charge is 0.264 e. The van der Waals surface area contributed by atoms with E-state index in [1.807, 2.05) is 32.0 Å². The van der Waals surface area contributed by atoms with Gasteiger partial charge >= 0.3 is 0 Å². The Kier molecular flexibility index (Phi) is 6.25. The third-order valence-electron chi connectivity index (χ3n) is 3.48. The molecule has 130 valence electrons. The highest BCUT2D eigenvalue weighted by Gasteiger charge is 2.08. The van der Waals surface area contributed by atoms with E-state index < -0.39 is 0 Å². The Morgan fingerprint density at radius 3 is 2.60 bits per heavy atom. The van der Waals surface area contributed by atoms with Gasteiger partial charge < -0.3 is 10.1 Å². The van der Waals surface area contributed by atoms with E-state index in [-0.39, 0.29) is 23.4 Å². The number of carbonyl (C=O) groups is 2. The van der Waals surface area contributed by atoms with Crippen LogP contribution in [0, 0.1) is 13.8 Å². The molecule has 0 spiro atoms. The van der Waals surface area contributed by atoms with Gasteiger partial charge in [-0.3, -0.25) is 14.9 Å². The van der Waals surface area contributed by atoms with Gasteiger partial charge in [-0.05, 0) is 62.3 Å². The molecule has 5 nitrogen and oxygen atoms in total. The Morgan fingerprint density at radius 1 is 1.12 bits per heavy atom. The molecule has 6 heteroatoms. The van der Waals surface area contributed by atoms with Gasteiger partial charge in [0.15, 0.2) is 17.5 Å². The van der Waals surface area contributed by atoms with Crippen molar-refractivity contribution >= 4 is 34.7 Å². The molecule has 25 heavy (non-hydrogen) atoms. The predicted molar refractivity (Wildman–Crippen MR) is 102 cm³/mol. The fourth-order valence-electron chi connectivity index (χ4n) is 2.15. The predicted octanol–water partition coefficient (Wildman–Crippen LogP) is 3.40. The number of thiocarbonyl (C=S) groups is 1. The van der Waals surface area contributed by atoms with Gasteiger partial charge in [-0.2, -0.15) is 0 Å². The molecule has 1 amide bonds. The maximum atomic E-state index is 12.0. The van der Waals surface area contributed by atoms with E-state index >= 15 is 0 Å². The minimum Gasteiger partial charge on any atom is -0.483 e. The molecule has 0 aliphatic carbocycles. The molecular weight excluding hydrogens is 336 g/mol. The number of rotatable bonds is 5. The monoisotopic (exact) mass is 356 g/mol. The molecule has 0 radical (unpaired) electrons. The molecule has 0 saturated carbocycles. The van der Waals surface area contributed by atoms with Crippen molar-refractivity contribution in [2.75, 3.05) is 11.9 Å². The first-order valence-corrected chi connectivity index (χ1v) is 8.18. The minimum atomic E-state index is -0.360. The van der Waals surface area contributed by atoms with Gasteiger partial charge in [0, 0.05) is 11.3 Å². The number of hydrogen-bond donors (Lipinski definition) is 2. The second kappa shape index (κ2) is 8.39.